The SMILES string of the molecule is O=C(CCCC1CCN(Cc2ccccc2Cl)CC1)c1ccc2c(c1)CC[N-]CC2.[Ac]. The van der Waals surface area contributed by atoms with E-state index < -0.39 is 0 Å². The summed E-state index contributed by atoms with van der Waals surface area (Å²) in [6, 6.07) is 14.5. The molecule has 0 unspecified atom stereocenters. The standard InChI is InChI=1S/C26H32ClN2O.Ac/c27-25-6-2-1-5-24(25)19-29-16-12-20(13-17-29)4-3-7-26(30)23-9-8-21-10-14-28-15-11-22(21)18-23;/h1-2,5-6,8-9,18,20H,3-4,7,10-17,19H2;/q-1;. The minimum atomic E-state index is 0. The van der Waals surface area contributed by atoms with Crippen LogP contribution in [0.5, 0.6) is 0 Å². The summed E-state index contributed by atoms with van der Waals surface area (Å²) in [6.45, 7) is 4.99. The molecule has 5 heteroatoms. The number of piperidine rings is 1. The molecule has 2 aliphatic heterocycles. The number of benzene rings is 2. The number of hydrogen-bond donors (Lipinski definition) is 0. The molecule has 31 heavy (non-hydrogen) atoms. The van der Waals surface area contributed by atoms with Crippen molar-refractivity contribution in [3.8, 4) is 0 Å². The number of halogens is 1. The van der Waals surface area contributed by atoms with Crippen LogP contribution >= 0.6 is 11.6 Å². The minimum absolute atomic E-state index is 0. The summed E-state index contributed by atoms with van der Waals surface area (Å²) in [5.41, 5.74) is 4.81. The van der Waals surface area contributed by atoms with Gasteiger partial charge in [0.1, 0.15) is 0 Å². The number of hydrogen-bond acceptors (Lipinski definition) is 2. The Morgan fingerprint density at radius 1 is 1.03 bits per heavy atom. The van der Waals surface area contributed by atoms with Crippen molar-refractivity contribution < 1.29 is 48.9 Å². The van der Waals surface area contributed by atoms with Crippen LogP contribution in [-0.4, -0.2) is 36.9 Å². The summed E-state index contributed by atoms with van der Waals surface area (Å²) in [7, 11) is 0. The maximum Gasteiger partial charge on any atom is 0.162 e. The molecule has 4 rings (SSSR count). The molecule has 1 radical (unpaired) electrons. The van der Waals surface area contributed by atoms with Crippen LogP contribution in [0.25, 0.3) is 5.32 Å². The maximum absolute atomic E-state index is 12.7. The van der Waals surface area contributed by atoms with E-state index in [2.05, 4.69) is 34.5 Å². The van der Waals surface area contributed by atoms with Gasteiger partial charge in [-0.1, -0.05) is 41.9 Å². The van der Waals surface area contributed by atoms with Crippen molar-refractivity contribution in [3.63, 3.8) is 0 Å². The maximum atomic E-state index is 12.7. The van der Waals surface area contributed by atoms with Gasteiger partial charge in [0.2, 0.25) is 0 Å². The molecule has 2 heterocycles. The fraction of sp³-hybridized carbons (Fsp3) is 0.500. The van der Waals surface area contributed by atoms with E-state index in [4.69, 9.17) is 11.6 Å². The average Bonchev–Trinajstić information content (AvgIpc) is 3.01. The van der Waals surface area contributed by atoms with Gasteiger partial charge in [-0.05, 0) is 86.4 Å². The van der Waals surface area contributed by atoms with Crippen LogP contribution in [0.15, 0.2) is 42.5 Å². The molecule has 0 spiro atoms. The first-order valence-corrected chi connectivity index (χ1v) is 11.8. The Bertz CT molecular complexity index is 864. The number of carbonyl (C=O) groups excluding carboxylic acids is 1. The summed E-state index contributed by atoms with van der Waals surface area (Å²) < 4.78 is 0. The Balaban J connectivity index is 0.00000272. The first kappa shape index (κ1) is 25.4. The second kappa shape index (κ2) is 12.9. The first-order chi connectivity index (χ1) is 14.7. The van der Waals surface area contributed by atoms with Crippen LogP contribution < -0.4 is 0 Å². The number of nitrogens with zero attached hydrogens (tertiary/aromatic N) is 2. The number of fused-ring (bicyclic) bond motifs is 1. The van der Waals surface area contributed by atoms with E-state index in [1.165, 1.54) is 29.5 Å². The molecule has 163 valence electrons. The second-order valence-electron chi connectivity index (χ2n) is 8.78. The zero-order valence-corrected chi connectivity index (χ0v) is 23.9. The fourth-order valence-electron chi connectivity index (χ4n) is 4.78. The van der Waals surface area contributed by atoms with Crippen molar-refractivity contribution in [2.45, 2.75) is 51.5 Å². The Kier molecular flexibility index (Phi) is 10.5. The van der Waals surface area contributed by atoms with E-state index in [0.29, 0.717) is 12.2 Å². The monoisotopic (exact) mass is 650 g/mol. The summed E-state index contributed by atoms with van der Waals surface area (Å²) in [6.07, 6.45) is 7.27. The van der Waals surface area contributed by atoms with Gasteiger partial charge in [0.15, 0.2) is 5.78 Å². The van der Waals surface area contributed by atoms with Crippen molar-refractivity contribution in [1.82, 2.24) is 4.90 Å². The Labute approximate surface area is 227 Å². The quantitative estimate of drug-likeness (QED) is 0.341. The predicted octanol–water partition coefficient (Wildman–Crippen LogP) is 6.08. The predicted molar refractivity (Wildman–Crippen MR) is 125 cm³/mol. The molecule has 0 aliphatic carbocycles. The molecule has 0 N–H and O–H groups in total. The van der Waals surface area contributed by atoms with Crippen molar-refractivity contribution in [3.05, 3.63) is 75.1 Å². The van der Waals surface area contributed by atoms with Gasteiger partial charge in [-0.25, -0.2) is 0 Å². The van der Waals surface area contributed by atoms with Crippen molar-refractivity contribution >= 4 is 17.4 Å². The molecule has 3 nitrogen and oxygen atoms in total. The van der Waals surface area contributed by atoms with Gasteiger partial charge in [0.05, 0.1) is 0 Å². The number of ketones is 1. The summed E-state index contributed by atoms with van der Waals surface area (Å²) in [5.74, 6) is 1.05. The number of rotatable bonds is 7. The van der Waals surface area contributed by atoms with Gasteiger partial charge < -0.3 is 5.32 Å². The number of likely N-dealkylation sites (tertiary alicyclic amines) is 1. The van der Waals surface area contributed by atoms with Crippen LogP contribution in [0.3, 0.4) is 0 Å². The smallest absolute Gasteiger partial charge is 0.162 e. The van der Waals surface area contributed by atoms with Crippen LogP contribution in [0.1, 0.15) is 59.2 Å². The van der Waals surface area contributed by atoms with Crippen LogP contribution in [0, 0.1) is 50.0 Å². The zero-order chi connectivity index (χ0) is 20.8. The summed E-state index contributed by atoms with van der Waals surface area (Å²) in [4.78, 5) is 15.2. The van der Waals surface area contributed by atoms with Crippen LogP contribution in [0.4, 0.5) is 0 Å². The van der Waals surface area contributed by atoms with Gasteiger partial charge >= 0.3 is 0 Å². The molecule has 0 bridgehead atoms. The van der Waals surface area contributed by atoms with E-state index in [9.17, 15) is 4.79 Å². The van der Waals surface area contributed by atoms with Gasteiger partial charge in [0, 0.05) is 67.6 Å². The summed E-state index contributed by atoms with van der Waals surface area (Å²) >= 11 is 6.30. The van der Waals surface area contributed by atoms with E-state index in [0.717, 1.165) is 74.9 Å². The molecular weight excluding hydrogens is 619 g/mol. The third-order valence-electron chi connectivity index (χ3n) is 6.68. The fourth-order valence-corrected chi connectivity index (χ4v) is 4.98. The van der Waals surface area contributed by atoms with Gasteiger partial charge in [-0.3, -0.25) is 9.69 Å². The largest absolute Gasteiger partial charge is 0.662 e. The third-order valence-corrected chi connectivity index (χ3v) is 7.05. The first-order valence-electron chi connectivity index (χ1n) is 11.4. The topological polar surface area (TPSA) is 34.4 Å². The molecule has 2 aromatic rings. The Morgan fingerprint density at radius 3 is 2.55 bits per heavy atom. The van der Waals surface area contributed by atoms with Crippen molar-refractivity contribution in [2.24, 2.45) is 5.92 Å². The van der Waals surface area contributed by atoms with Gasteiger partial charge in [-0.2, -0.15) is 0 Å². The van der Waals surface area contributed by atoms with E-state index >= 15 is 0 Å². The average molecular weight is 651 g/mol. The van der Waals surface area contributed by atoms with Gasteiger partial charge in [-0.15, -0.1) is 13.1 Å². The normalized spacial score (nSPS) is 17.5. The second-order valence-corrected chi connectivity index (χ2v) is 9.19. The molecule has 0 aromatic heterocycles. The Hall–Kier alpha value is -0.238. The van der Waals surface area contributed by atoms with E-state index in [-0.39, 0.29) is 44.1 Å². The third kappa shape index (κ3) is 7.38. The molecule has 0 saturated carbocycles. The molecule has 2 aliphatic rings. The molecule has 0 amide bonds. The molecule has 2 aromatic carbocycles. The van der Waals surface area contributed by atoms with Crippen molar-refractivity contribution in [1.29, 1.82) is 0 Å². The van der Waals surface area contributed by atoms with Gasteiger partial charge in [0.25, 0.3) is 0 Å². The molecular formula is C26H32AcClN2O-. The molecule has 1 fully saturated rings. The molecule has 0 atom stereocenters. The number of carbonyl (C=O) groups is 1. The number of Topliss-reactive ketones (excluding diaryl/α,β-unsaturated/α-hetero) is 1. The van der Waals surface area contributed by atoms with E-state index in [1.807, 2.05) is 18.2 Å². The van der Waals surface area contributed by atoms with Crippen LogP contribution in [0.2, 0.25) is 5.02 Å². The van der Waals surface area contributed by atoms with Crippen molar-refractivity contribution in [2.75, 3.05) is 26.2 Å². The zero-order valence-electron chi connectivity index (χ0n) is 18.4. The Morgan fingerprint density at radius 2 is 1.77 bits per heavy atom. The minimum Gasteiger partial charge on any atom is -0.662 e. The van der Waals surface area contributed by atoms with Crippen LogP contribution in [-0.2, 0) is 19.4 Å². The summed E-state index contributed by atoms with van der Waals surface area (Å²) in [5, 5.41) is 5.37. The molecule has 1 saturated heterocycles. The van der Waals surface area contributed by atoms with E-state index in [1.54, 1.807) is 0 Å².